The second-order valence-corrected chi connectivity index (χ2v) is 7.27. The highest BCUT2D eigenvalue weighted by Gasteiger charge is 2.10. The summed E-state index contributed by atoms with van der Waals surface area (Å²) in [5.74, 6) is -0.540. The van der Waals surface area contributed by atoms with Gasteiger partial charge in [-0.25, -0.2) is 0 Å². The summed E-state index contributed by atoms with van der Waals surface area (Å²) >= 11 is 0. The fourth-order valence-electron chi connectivity index (χ4n) is 3.15. The molecule has 3 aromatic carbocycles. The summed E-state index contributed by atoms with van der Waals surface area (Å²) in [5.41, 5.74) is 2.40. The number of nitrogens with zero attached hydrogens (tertiary/aromatic N) is 1. The minimum Gasteiger partial charge on any atom is -0.350 e. The molecule has 0 aromatic heterocycles. The van der Waals surface area contributed by atoms with Crippen molar-refractivity contribution in [3.8, 4) is 0 Å². The number of nitrogens with one attached hydrogen (secondary N) is 2. The Labute approximate surface area is 175 Å². The zero-order chi connectivity index (χ0) is 21.5. The maximum absolute atomic E-state index is 12.3. The Morgan fingerprint density at radius 2 is 1.50 bits per heavy atom. The zero-order valence-electron chi connectivity index (χ0n) is 17.1. The van der Waals surface area contributed by atoms with E-state index in [2.05, 4.69) is 10.6 Å². The van der Waals surface area contributed by atoms with Gasteiger partial charge in [-0.3, -0.25) is 14.4 Å². The largest absolute Gasteiger partial charge is 0.350 e. The minimum absolute atomic E-state index is 0.0699. The molecule has 6 nitrogen and oxygen atoms in total. The van der Waals surface area contributed by atoms with Gasteiger partial charge in [0.2, 0.25) is 11.8 Å². The highest BCUT2D eigenvalue weighted by molar-refractivity contribution is 5.94. The predicted octanol–water partition coefficient (Wildman–Crippen LogP) is 2.52. The van der Waals surface area contributed by atoms with E-state index in [4.69, 9.17) is 0 Å². The Morgan fingerprint density at radius 1 is 0.800 bits per heavy atom. The summed E-state index contributed by atoms with van der Waals surface area (Å²) in [7, 11) is 3.40. The van der Waals surface area contributed by atoms with Gasteiger partial charge in [-0.05, 0) is 34.0 Å². The summed E-state index contributed by atoms with van der Waals surface area (Å²) in [6.07, 6.45) is 0.218. The first-order valence-electron chi connectivity index (χ1n) is 9.74. The summed E-state index contributed by atoms with van der Waals surface area (Å²) < 4.78 is 0. The Kier molecular flexibility index (Phi) is 6.80. The van der Waals surface area contributed by atoms with Crippen LogP contribution in [0.5, 0.6) is 0 Å². The molecule has 3 rings (SSSR count). The number of carbonyl (C=O) groups excluding carboxylic acids is 3. The second kappa shape index (κ2) is 9.69. The van der Waals surface area contributed by atoms with Crippen molar-refractivity contribution in [2.45, 2.75) is 13.0 Å². The van der Waals surface area contributed by atoms with Crippen LogP contribution < -0.4 is 10.6 Å². The van der Waals surface area contributed by atoms with E-state index in [0.29, 0.717) is 12.1 Å². The van der Waals surface area contributed by atoms with E-state index in [0.717, 1.165) is 21.9 Å². The minimum atomic E-state index is -0.269. The van der Waals surface area contributed by atoms with Gasteiger partial charge in [0.15, 0.2) is 0 Å². The molecule has 154 valence electrons. The maximum Gasteiger partial charge on any atom is 0.253 e. The number of hydrogen-bond acceptors (Lipinski definition) is 3. The summed E-state index contributed by atoms with van der Waals surface area (Å²) in [6, 6.07) is 20.8. The van der Waals surface area contributed by atoms with Crippen molar-refractivity contribution in [1.29, 1.82) is 0 Å². The third-order valence-electron chi connectivity index (χ3n) is 4.77. The lowest BCUT2D eigenvalue weighted by Crippen LogP contribution is -2.37. The molecule has 0 saturated carbocycles. The van der Waals surface area contributed by atoms with Crippen LogP contribution in [0.15, 0.2) is 66.7 Å². The molecule has 0 saturated heterocycles. The van der Waals surface area contributed by atoms with E-state index in [1.807, 2.05) is 42.5 Å². The molecule has 0 spiro atoms. The average molecular weight is 403 g/mol. The molecule has 3 amide bonds. The number of amides is 3. The van der Waals surface area contributed by atoms with Gasteiger partial charge in [0.25, 0.3) is 5.91 Å². The predicted molar refractivity (Wildman–Crippen MR) is 117 cm³/mol. The van der Waals surface area contributed by atoms with Crippen LogP contribution in [0.3, 0.4) is 0 Å². The van der Waals surface area contributed by atoms with Gasteiger partial charge in [-0.2, -0.15) is 0 Å². The first-order valence-corrected chi connectivity index (χ1v) is 9.74. The second-order valence-electron chi connectivity index (χ2n) is 7.27. The molecule has 0 aliphatic heterocycles. The molecular formula is C24H25N3O3. The van der Waals surface area contributed by atoms with Crippen LogP contribution in [-0.4, -0.2) is 43.3 Å². The Morgan fingerprint density at radius 3 is 2.23 bits per heavy atom. The van der Waals surface area contributed by atoms with Crippen LogP contribution in [0.25, 0.3) is 10.8 Å². The van der Waals surface area contributed by atoms with E-state index >= 15 is 0 Å². The number of carbonyl (C=O) groups is 3. The molecule has 3 aromatic rings. The van der Waals surface area contributed by atoms with E-state index in [1.165, 1.54) is 4.90 Å². The van der Waals surface area contributed by atoms with Crippen molar-refractivity contribution in [3.63, 3.8) is 0 Å². The summed E-state index contributed by atoms with van der Waals surface area (Å²) in [4.78, 5) is 37.7. The van der Waals surface area contributed by atoms with E-state index in [-0.39, 0.29) is 30.7 Å². The first kappa shape index (κ1) is 21.0. The fourth-order valence-corrected chi connectivity index (χ4v) is 3.15. The smallest absolute Gasteiger partial charge is 0.253 e. The molecule has 0 aliphatic rings. The number of rotatable bonds is 7. The molecular weight excluding hydrogens is 378 g/mol. The summed E-state index contributed by atoms with van der Waals surface area (Å²) in [5, 5.41) is 7.56. The van der Waals surface area contributed by atoms with Crippen molar-refractivity contribution in [3.05, 3.63) is 83.4 Å². The Hall–Kier alpha value is -3.67. The van der Waals surface area contributed by atoms with Crippen LogP contribution in [0.1, 0.15) is 21.5 Å². The van der Waals surface area contributed by atoms with E-state index in [1.54, 1.807) is 38.4 Å². The molecule has 0 heterocycles. The van der Waals surface area contributed by atoms with Gasteiger partial charge in [0.05, 0.1) is 13.0 Å². The van der Waals surface area contributed by atoms with E-state index in [9.17, 15) is 14.4 Å². The molecule has 30 heavy (non-hydrogen) atoms. The number of fused-ring (bicyclic) bond motifs is 1. The molecule has 0 aliphatic carbocycles. The third kappa shape index (κ3) is 5.44. The lowest BCUT2D eigenvalue weighted by Gasteiger charge is -2.11. The Balaban J connectivity index is 1.46. The highest BCUT2D eigenvalue weighted by Crippen LogP contribution is 2.18. The monoisotopic (exact) mass is 403 g/mol. The fraction of sp³-hybridized carbons (Fsp3) is 0.208. The van der Waals surface area contributed by atoms with Gasteiger partial charge in [0.1, 0.15) is 0 Å². The normalized spacial score (nSPS) is 10.5. The van der Waals surface area contributed by atoms with Crippen molar-refractivity contribution in [2.24, 2.45) is 0 Å². The van der Waals surface area contributed by atoms with Gasteiger partial charge < -0.3 is 15.5 Å². The van der Waals surface area contributed by atoms with Crippen molar-refractivity contribution >= 4 is 28.5 Å². The molecule has 0 fully saturated rings. The third-order valence-corrected chi connectivity index (χ3v) is 4.77. The van der Waals surface area contributed by atoms with Gasteiger partial charge >= 0.3 is 0 Å². The lowest BCUT2D eigenvalue weighted by molar-refractivity contribution is -0.125. The first-order chi connectivity index (χ1) is 14.4. The standard InChI is InChI=1S/C24H25N3O3/c1-27(2)24(30)19-12-10-17(11-13-19)15-25-23(29)16-26-22(28)14-20-8-5-7-18-6-3-4-9-21(18)20/h3-13H,14-16H2,1-2H3,(H,25,29)(H,26,28). The van der Waals surface area contributed by atoms with E-state index < -0.39 is 0 Å². The van der Waals surface area contributed by atoms with Gasteiger partial charge in [-0.15, -0.1) is 0 Å². The van der Waals surface area contributed by atoms with Crippen molar-refractivity contribution in [2.75, 3.05) is 20.6 Å². The molecule has 0 atom stereocenters. The molecule has 0 bridgehead atoms. The van der Waals surface area contributed by atoms with Crippen molar-refractivity contribution < 1.29 is 14.4 Å². The lowest BCUT2D eigenvalue weighted by atomic mass is 10.0. The topological polar surface area (TPSA) is 78.5 Å². The van der Waals surface area contributed by atoms with Crippen LogP contribution >= 0.6 is 0 Å². The van der Waals surface area contributed by atoms with Crippen LogP contribution in [-0.2, 0) is 22.6 Å². The van der Waals surface area contributed by atoms with Gasteiger partial charge in [0, 0.05) is 26.2 Å². The van der Waals surface area contributed by atoms with Crippen LogP contribution in [0, 0.1) is 0 Å². The molecule has 0 unspecified atom stereocenters. The molecule has 6 heteroatoms. The number of hydrogen-bond donors (Lipinski definition) is 2. The Bertz CT molecular complexity index is 1050. The zero-order valence-corrected chi connectivity index (χ0v) is 17.1. The van der Waals surface area contributed by atoms with Crippen molar-refractivity contribution in [1.82, 2.24) is 15.5 Å². The maximum atomic E-state index is 12.3. The van der Waals surface area contributed by atoms with Crippen LogP contribution in [0.4, 0.5) is 0 Å². The van der Waals surface area contributed by atoms with Gasteiger partial charge in [-0.1, -0.05) is 54.6 Å². The highest BCUT2D eigenvalue weighted by atomic mass is 16.2. The SMILES string of the molecule is CN(C)C(=O)c1ccc(CNC(=O)CNC(=O)Cc2cccc3ccccc23)cc1. The summed E-state index contributed by atoms with van der Waals surface area (Å²) in [6.45, 7) is 0.245. The number of benzene rings is 3. The average Bonchev–Trinajstić information content (AvgIpc) is 2.76. The quantitative estimate of drug-likeness (QED) is 0.636. The molecule has 0 radical (unpaired) electrons. The van der Waals surface area contributed by atoms with Crippen LogP contribution in [0.2, 0.25) is 0 Å². The molecule has 2 N–H and O–H groups in total.